The summed E-state index contributed by atoms with van der Waals surface area (Å²) in [6, 6.07) is 9.81. The Morgan fingerprint density at radius 2 is 1.52 bits per heavy atom. The predicted octanol–water partition coefficient (Wildman–Crippen LogP) is 7.48. The average molecular weight is 540 g/mol. The van der Waals surface area contributed by atoms with Gasteiger partial charge in [0.2, 0.25) is 5.82 Å². The Morgan fingerprint density at radius 1 is 0.871 bits per heavy atom. The fraction of sp³-hybridized carbons (Fsp3) is 0.0500. The molecule has 0 radical (unpaired) electrons. The molecule has 0 heterocycles. The molecule has 0 saturated heterocycles. The Labute approximate surface area is 191 Å². The van der Waals surface area contributed by atoms with Gasteiger partial charge in [-0.3, -0.25) is 5.43 Å². The van der Waals surface area contributed by atoms with Gasteiger partial charge in [0.15, 0.2) is 23.3 Å². The van der Waals surface area contributed by atoms with E-state index in [1.807, 2.05) is 5.43 Å². The van der Waals surface area contributed by atoms with Gasteiger partial charge in [0.05, 0.1) is 16.3 Å². The second-order valence-corrected chi connectivity index (χ2v) is 7.76. The third kappa shape index (κ3) is 5.28. The molecule has 3 rings (SSSR count). The highest BCUT2D eigenvalue weighted by Gasteiger charge is 2.25. The molecule has 0 amide bonds. The normalized spacial score (nSPS) is 11.2. The number of nitrogens with one attached hydrogen (secondary N) is 1. The highest BCUT2D eigenvalue weighted by molar-refractivity contribution is 9.10. The molecular weight excluding hydrogens is 530 g/mol. The summed E-state index contributed by atoms with van der Waals surface area (Å²) in [7, 11) is 0. The third-order valence-electron chi connectivity index (χ3n) is 3.94. The lowest BCUT2D eigenvalue weighted by Gasteiger charge is -2.11. The summed E-state index contributed by atoms with van der Waals surface area (Å²) < 4.78 is 73.5. The van der Waals surface area contributed by atoms with Crippen LogP contribution in [0, 0.1) is 29.1 Å². The van der Waals surface area contributed by atoms with E-state index in [9.17, 15) is 22.0 Å². The zero-order valence-corrected chi connectivity index (χ0v) is 18.2. The number of hydrogen-bond donors (Lipinski definition) is 1. The molecule has 3 nitrogen and oxygen atoms in total. The number of benzene rings is 3. The average Bonchev–Trinajstić information content (AvgIpc) is 2.75. The molecule has 0 aliphatic rings. The van der Waals surface area contributed by atoms with Crippen LogP contribution >= 0.6 is 39.1 Å². The van der Waals surface area contributed by atoms with Crippen molar-refractivity contribution in [1.29, 1.82) is 0 Å². The van der Waals surface area contributed by atoms with Crippen LogP contribution in [-0.4, -0.2) is 6.21 Å². The van der Waals surface area contributed by atoms with Crippen molar-refractivity contribution in [2.24, 2.45) is 5.10 Å². The van der Waals surface area contributed by atoms with Crippen LogP contribution in [0.3, 0.4) is 0 Å². The van der Waals surface area contributed by atoms with Crippen LogP contribution in [0.15, 0.2) is 46.0 Å². The second kappa shape index (κ2) is 9.84. The van der Waals surface area contributed by atoms with Crippen molar-refractivity contribution in [3.63, 3.8) is 0 Å². The van der Waals surface area contributed by atoms with Crippen molar-refractivity contribution in [2.45, 2.75) is 6.61 Å². The standard InChI is InChI=1S/C20H10BrCl2F5N2O/c21-11-2-4-14(31-8-9-1-3-12(22)13(23)5-9)10(6-11)7-29-30-20-18(27)16(25)15(24)17(26)19(20)28/h1-7,30H,8H2/b29-7+. The van der Waals surface area contributed by atoms with E-state index in [0.717, 1.165) is 11.8 Å². The van der Waals surface area contributed by atoms with Gasteiger partial charge in [-0.1, -0.05) is 45.2 Å². The van der Waals surface area contributed by atoms with E-state index in [1.165, 1.54) is 0 Å². The number of hydrazone groups is 1. The molecule has 0 aromatic heterocycles. The summed E-state index contributed by atoms with van der Waals surface area (Å²) >= 11 is 15.1. The number of halogens is 8. The first-order chi connectivity index (χ1) is 14.7. The number of hydrogen-bond acceptors (Lipinski definition) is 3. The van der Waals surface area contributed by atoms with Gasteiger partial charge in [0.25, 0.3) is 0 Å². The Bertz CT molecular complexity index is 1150. The minimum Gasteiger partial charge on any atom is -0.488 e. The van der Waals surface area contributed by atoms with Gasteiger partial charge >= 0.3 is 0 Å². The van der Waals surface area contributed by atoms with Gasteiger partial charge in [0.1, 0.15) is 18.0 Å². The summed E-state index contributed by atoms with van der Waals surface area (Å²) in [5.74, 6) is -10.1. The van der Waals surface area contributed by atoms with Crippen LogP contribution in [0.5, 0.6) is 5.75 Å². The van der Waals surface area contributed by atoms with E-state index < -0.39 is 34.8 Å². The molecule has 0 fully saturated rings. The second-order valence-electron chi connectivity index (χ2n) is 6.03. The van der Waals surface area contributed by atoms with Gasteiger partial charge in [-0.05, 0) is 35.9 Å². The lowest BCUT2D eigenvalue weighted by molar-refractivity contribution is 0.306. The number of ether oxygens (including phenoxy) is 1. The van der Waals surface area contributed by atoms with E-state index in [4.69, 9.17) is 27.9 Å². The zero-order valence-electron chi connectivity index (χ0n) is 15.1. The lowest BCUT2D eigenvalue weighted by Crippen LogP contribution is -2.07. The Morgan fingerprint density at radius 3 is 2.16 bits per heavy atom. The van der Waals surface area contributed by atoms with E-state index in [2.05, 4.69) is 21.0 Å². The first kappa shape index (κ1) is 23.3. The van der Waals surface area contributed by atoms with Crippen LogP contribution in [0.25, 0.3) is 0 Å². The third-order valence-corrected chi connectivity index (χ3v) is 5.17. The summed E-state index contributed by atoms with van der Waals surface area (Å²) in [4.78, 5) is 0. The Hall–Kier alpha value is -2.36. The molecule has 0 unspecified atom stereocenters. The van der Waals surface area contributed by atoms with Crippen molar-refractivity contribution >= 4 is 51.0 Å². The zero-order chi connectivity index (χ0) is 22.7. The minimum absolute atomic E-state index is 0.116. The number of nitrogens with zero attached hydrogens (tertiary/aromatic N) is 1. The van der Waals surface area contributed by atoms with Crippen molar-refractivity contribution in [1.82, 2.24) is 0 Å². The van der Waals surface area contributed by atoms with Gasteiger partial charge in [0, 0.05) is 10.0 Å². The van der Waals surface area contributed by atoms with Crippen LogP contribution < -0.4 is 10.2 Å². The molecular formula is C20H10BrCl2F5N2O. The Balaban J connectivity index is 1.81. The molecule has 1 N–H and O–H groups in total. The fourth-order valence-corrected chi connectivity index (χ4v) is 3.11. The molecule has 162 valence electrons. The molecule has 0 saturated carbocycles. The highest BCUT2D eigenvalue weighted by Crippen LogP contribution is 2.28. The fourth-order valence-electron chi connectivity index (χ4n) is 2.41. The summed E-state index contributed by atoms with van der Waals surface area (Å²) in [5.41, 5.74) is 1.64. The van der Waals surface area contributed by atoms with E-state index >= 15 is 0 Å². The Kier molecular flexibility index (Phi) is 7.40. The topological polar surface area (TPSA) is 33.6 Å². The van der Waals surface area contributed by atoms with Crippen LogP contribution in [0.4, 0.5) is 27.6 Å². The molecule has 0 bridgehead atoms. The lowest BCUT2D eigenvalue weighted by atomic mass is 10.2. The van der Waals surface area contributed by atoms with Crippen molar-refractivity contribution in [3.05, 3.63) is 91.1 Å². The smallest absolute Gasteiger partial charge is 0.200 e. The van der Waals surface area contributed by atoms with Gasteiger partial charge < -0.3 is 4.74 Å². The summed E-state index contributed by atoms with van der Waals surface area (Å²) in [6.07, 6.45) is 1.10. The van der Waals surface area contributed by atoms with E-state index in [-0.39, 0.29) is 6.61 Å². The quantitative estimate of drug-likeness (QED) is 0.116. The van der Waals surface area contributed by atoms with Crippen molar-refractivity contribution in [3.8, 4) is 5.75 Å². The maximum absolute atomic E-state index is 13.7. The van der Waals surface area contributed by atoms with Gasteiger partial charge in [-0.25, -0.2) is 22.0 Å². The number of anilines is 1. The molecule has 0 aliphatic heterocycles. The molecule has 0 atom stereocenters. The van der Waals surface area contributed by atoms with Gasteiger partial charge in [-0.2, -0.15) is 5.10 Å². The largest absolute Gasteiger partial charge is 0.488 e. The predicted molar refractivity (Wildman–Crippen MR) is 112 cm³/mol. The SMILES string of the molecule is Fc1c(F)c(F)c(N/N=C/c2cc(Br)ccc2OCc2ccc(Cl)c(Cl)c2)c(F)c1F. The summed E-state index contributed by atoms with van der Waals surface area (Å²) in [5, 5.41) is 4.32. The molecule has 0 spiro atoms. The molecule has 11 heteroatoms. The molecule has 3 aromatic carbocycles. The van der Waals surface area contributed by atoms with Crippen LogP contribution in [0.1, 0.15) is 11.1 Å². The van der Waals surface area contributed by atoms with Crippen molar-refractivity contribution in [2.75, 3.05) is 5.43 Å². The maximum Gasteiger partial charge on any atom is 0.200 e. The maximum atomic E-state index is 13.7. The van der Waals surface area contributed by atoms with E-state index in [1.54, 1.807) is 36.4 Å². The monoisotopic (exact) mass is 538 g/mol. The molecule has 0 aliphatic carbocycles. The van der Waals surface area contributed by atoms with E-state index in [0.29, 0.717) is 25.8 Å². The van der Waals surface area contributed by atoms with Crippen LogP contribution in [0.2, 0.25) is 10.0 Å². The molecule has 3 aromatic rings. The van der Waals surface area contributed by atoms with Crippen molar-refractivity contribution < 1.29 is 26.7 Å². The minimum atomic E-state index is -2.26. The summed E-state index contributed by atoms with van der Waals surface area (Å²) in [6.45, 7) is 0.116. The first-order valence-corrected chi connectivity index (χ1v) is 9.90. The molecule has 31 heavy (non-hydrogen) atoms. The highest BCUT2D eigenvalue weighted by atomic mass is 79.9. The van der Waals surface area contributed by atoms with Crippen LogP contribution in [-0.2, 0) is 6.61 Å². The van der Waals surface area contributed by atoms with Gasteiger partial charge in [-0.15, -0.1) is 0 Å². The first-order valence-electron chi connectivity index (χ1n) is 8.35. The number of rotatable bonds is 6.